The standard InChI is InChI=1S/C18H26N2O4S/c1-4-24-18(23)13-7-5-9-20(11-13)17(22)15(12(2)3)19-16(21)14-8-6-10-25-14/h6,8,10,12-13,15H,4-5,7,9,11H2,1-3H3,(H,19,21). The van der Waals surface area contributed by atoms with Gasteiger partial charge in [-0.1, -0.05) is 19.9 Å². The maximum atomic E-state index is 12.9. The minimum atomic E-state index is -0.601. The van der Waals surface area contributed by atoms with Gasteiger partial charge in [-0.2, -0.15) is 0 Å². The zero-order valence-electron chi connectivity index (χ0n) is 15.0. The SMILES string of the molecule is CCOC(=O)C1CCCN(C(=O)C(NC(=O)c2cccs2)C(C)C)C1. The lowest BCUT2D eigenvalue weighted by Gasteiger charge is -2.35. The molecule has 7 heteroatoms. The van der Waals surface area contributed by atoms with Crippen LogP contribution in [0.4, 0.5) is 0 Å². The van der Waals surface area contributed by atoms with Gasteiger partial charge >= 0.3 is 5.97 Å². The van der Waals surface area contributed by atoms with Crippen LogP contribution in [0.3, 0.4) is 0 Å². The summed E-state index contributed by atoms with van der Waals surface area (Å²) in [5.41, 5.74) is 0. The molecule has 1 fully saturated rings. The average Bonchev–Trinajstić information content (AvgIpc) is 3.13. The summed E-state index contributed by atoms with van der Waals surface area (Å²) in [7, 11) is 0. The molecule has 6 nitrogen and oxygen atoms in total. The van der Waals surface area contributed by atoms with Gasteiger partial charge in [0, 0.05) is 13.1 Å². The number of esters is 1. The maximum absolute atomic E-state index is 12.9. The summed E-state index contributed by atoms with van der Waals surface area (Å²) in [5, 5.41) is 4.68. The van der Waals surface area contributed by atoms with Crippen molar-refractivity contribution in [2.45, 2.75) is 39.7 Å². The highest BCUT2D eigenvalue weighted by molar-refractivity contribution is 7.12. The smallest absolute Gasteiger partial charge is 0.310 e. The zero-order valence-corrected chi connectivity index (χ0v) is 15.8. The molecule has 138 valence electrons. The Hall–Kier alpha value is -1.89. The Balaban J connectivity index is 2.03. The highest BCUT2D eigenvalue weighted by Crippen LogP contribution is 2.20. The number of nitrogens with zero attached hydrogens (tertiary/aromatic N) is 1. The highest BCUT2D eigenvalue weighted by Gasteiger charge is 2.34. The van der Waals surface area contributed by atoms with Crippen LogP contribution in [0.5, 0.6) is 0 Å². The summed E-state index contributed by atoms with van der Waals surface area (Å²) in [6, 6.07) is 2.94. The van der Waals surface area contributed by atoms with Crippen LogP contribution in [-0.4, -0.2) is 48.4 Å². The summed E-state index contributed by atoms with van der Waals surface area (Å²) in [5.74, 6) is -0.934. The Labute approximate surface area is 152 Å². The lowest BCUT2D eigenvalue weighted by atomic mass is 9.95. The molecule has 2 unspecified atom stereocenters. The van der Waals surface area contributed by atoms with Crippen LogP contribution in [0.1, 0.15) is 43.3 Å². The second-order valence-corrected chi connectivity index (χ2v) is 7.50. The van der Waals surface area contributed by atoms with Crippen LogP contribution in [0.15, 0.2) is 17.5 Å². The van der Waals surface area contributed by atoms with Crippen LogP contribution >= 0.6 is 11.3 Å². The molecule has 0 aromatic carbocycles. The molecule has 1 saturated heterocycles. The van der Waals surface area contributed by atoms with E-state index in [0.717, 1.165) is 12.8 Å². The molecule has 0 bridgehead atoms. The maximum Gasteiger partial charge on any atom is 0.310 e. The van der Waals surface area contributed by atoms with Crippen molar-refractivity contribution >= 4 is 29.1 Å². The summed E-state index contributed by atoms with van der Waals surface area (Å²) >= 11 is 1.34. The quantitative estimate of drug-likeness (QED) is 0.784. The predicted octanol–water partition coefficient (Wildman–Crippen LogP) is 2.30. The van der Waals surface area contributed by atoms with E-state index in [0.29, 0.717) is 24.6 Å². The number of ether oxygens (including phenoxy) is 1. The number of thiophene rings is 1. The van der Waals surface area contributed by atoms with Gasteiger partial charge in [-0.05, 0) is 37.1 Å². The number of carbonyl (C=O) groups is 3. The monoisotopic (exact) mass is 366 g/mol. The average molecular weight is 366 g/mol. The second-order valence-electron chi connectivity index (χ2n) is 6.55. The van der Waals surface area contributed by atoms with Crippen molar-refractivity contribution in [3.63, 3.8) is 0 Å². The third-order valence-corrected chi connectivity index (χ3v) is 5.19. The van der Waals surface area contributed by atoms with E-state index in [9.17, 15) is 14.4 Å². The van der Waals surface area contributed by atoms with E-state index in [1.54, 1.807) is 24.0 Å². The number of hydrogen-bond acceptors (Lipinski definition) is 5. The van der Waals surface area contributed by atoms with Crippen molar-refractivity contribution in [2.75, 3.05) is 19.7 Å². The molecule has 1 aliphatic rings. The summed E-state index contributed by atoms with van der Waals surface area (Å²) in [4.78, 5) is 39.5. The van der Waals surface area contributed by atoms with Gasteiger partial charge in [0.15, 0.2) is 0 Å². The second kappa shape index (κ2) is 8.99. The summed E-state index contributed by atoms with van der Waals surface area (Å²) in [6.07, 6.45) is 1.50. The molecule has 0 aliphatic carbocycles. The van der Waals surface area contributed by atoms with Gasteiger partial charge in [-0.25, -0.2) is 0 Å². The van der Waals surface area contributed by atoms with Crippen LogP contribution < -0.4 is 5.32 Å². The van der Waals surface area contributed by atoms with Gasteiger partial charge < -0.3 is 15.0 Å². The third-order valence-electron chi connectivity index (χ3n) is 4.32. The first-order chi connectivity index (χ1) is 11.9. The lowest BCUT2D eigenvalue weighted by molar-refractivity contribution is -0.151. The molecule has 0 saturated carbocycles. The number of carbonyl (C=O) groups excluding carboxylic acids is 3. The van der Waals surface area contributed by atoms with E-state index in [1.165, 1.54) is 11.3 Å². The van der Waals surface area contributed by atoms with Gasteiger partial charge in [0.2, 0.25) is 5.91 Å². The summed E-state index contributed by atoms with van der Waals surface area (Å²) < 4.78 is 5.09. The predicted molar refractivity (Wildman–Crippen MR) is 96.3 cm³/mol. The normalized spacial score (nSPS) is 18.7. The van der Waals surface area contributed by atoms with E-state index in [-0.39, 0.29) is 29.6 Å². The van der Waals surface area contributed by atoms with Crippen molar-refractivity contribution in [1.82, 2.24) is 10.2 Å². The first-order valence-electron chi connectivity index (χ1n) is 8.73. The van der Waals surface area contributed by atoms with Crippen molar-refractivity contribution in [2.24, 2.45) is 11.8 Å². The number of amides is 2. The topological polar surface area (TPSA) is 75.7 Å². The first-order valence-corrected chi connectivity index (χ1v) is 9.61. The molecule has 0 radical (unpaired) electrons. The molecule has 1 N–H and O–H groups in total. The highest BCUT2D eigenvalue weighted by atomic mass is 32.1. The molecule has 1 aromatic rings. The van der Waals surface area contributed by atoms with Gasteiger partial charge in [0.1, 0.15) is 6.04 Å². The Morgan fingerprint density at radius 2 is 2.16 bits per heavy atom. The molecule has 2 amide bonds. The minimum absolute atomic E-state index is 0.0422. The fourth-order valence-electron chi connectivity index (χ4n) is 2.96. The molecule has 2 heterocycles. The Kier molecular flexibility index (Phi) is 6.99. The van der Waals surface area contributed by atoms with E-state index >= 15 is 0 Å². The third kappa shape index (κ3) is 5.04. The van der Waals surface area contributed by atoms with Crippen molar-refractivity contribution in [1.29, 1.82) is 0 Å². The fraction of sp³-hybridized carbons (Fsp3) is 0.611. The van der Waals surface area contributed by atoms with E-state index in [4.69, 9.17) is 4.74 Å². The number of nitrogens with one attached hydrogen (secondary N) is 1. The van der Waals surface area contributed by atoms with Gasteiger partial charge in [-0.3, -0.25) is 14.4 Å². The minimum Gasteiger partial charge on any atom is -0.466 e. The van der Waals surface area contributed by atoms with Crippen molar-refractivity contribution < 1.29 is 19.1 Å². The van der Waals surface area contributed by atoms with Crippen LogP contribution in [0.25, 0.3) is 0 Å². The van der Waals surface area contributed by atoms with E-state index in [2.05, 4.69) is 5.32 Å². The fourth-order valence-corrected chi connectivity index (χ4v) is 3.59. The first kappa shape index (κ1) is 19.4. The van der Waals surface area contributed by atoms with Crippen molar-refractivity contribution in [3.05, 3.63) is 22.4 Å². The molecular weight excluding hydrogens is 340 g/mol. The molecule has 1 aromatic heterocycles. The Morgan fingerprint density at radius 1 is 1.40 bits per heavy atom. The zero-order chi connectivity index (χ0) is 18.4. The van der Waals surface area contributed by atoms with E-state index in [1.807, 2.05) is 19.2 Å². The lowest BCUT2D eigenvalue weighted by Crippen LogP contribution is -2.54. The Bertz CT molecular complexity index is 600. The summed E-state index contributed by atoms with van der Waals surface area (Å²) in [6.45, 7) is 6.89. The number of hydrogen-bond donors (Lipinski definition) is 1. The van der Waals surface area contributed by atoms with Crippen LogP contribution in [0, 0.1) is 11.8 Å². The van der Waals surface area contributed by atoms with Crippen LogP contribution in [-0.2, 0) is 14.3 Å². The number of rotatable bonds is 6. The van der Waals surface area contributed by atoms with Gasteiger partial charge in [-0.15, -0.1) is 11.3 Å². The Morgan fingerprint density at radius 3 is 2.76 bits per heavy atom. The molecule has 25 heavy (non-hydrogen) atoms. The molecule has 2 rings (SSSR count). The molecule has 1 aliphatic heterocycles. The van der Waals surface area contributed by atoms with E-state index < -0.39 is 6.04 Å². The molecule has 2 atom stereocenters. The number of likely N-dealkylation sites (tertiary alicyclic amines) is 1. The van der Waals surface area contributed by atoms with Gasteiger partial charge in [0.25, 0.3) is 5.91 Å². The number of piperidine rings is 1. The van der Waals surface area contributed by atoms with Gasteiger partial charge in [0.05, 0.1) is 17.4 Å². The van der Waals surface area contributed by atoms with Crippen molar-refractivity contribution in [3.8, 4) is 0 Å². The largest absolute Gasteiger partial charge is 0.466 e. The molecular formula is C18H26N2O4S. The molecule has 0 spiro atoms. The van der Waals surface area contributed by atoms with Crippen LogP contribution in [0.2, 0.25) is 0 Å².